The highest BCUT2D eigenvalue weighted by atomic mass is 19.1. The number of nitrogens with one attached hydrogen (secondary N) is 1. The Balaban J connectivity index is 1.61. The summed E-state index contributed by atoms with van der Waals surface area (Å²) in [6, 6.07) is 20.7. The van der Waals surface area contributed by atoms with Crippen molar-refractivity contribution in [2.75, 3.05) is 13.7 Å². The van der Waals surface area contributed by atoms with Gasteiger partial charge in [-0.25, -0.2) is 9.07 Å². The summed E-state index contributed by atoms with van der Waals surface area (Å²) in [6.45, 7) is 0.440. The molecule has 1 N–H and O–H groups in total. The molecule has 2 aromatic heterocycles. The number of pyridine rings is 1. The summed E-state index contributed by atoms with van der Waals surface area (Å²) in [5, 5.41) is 7.53. The molecule has 0 fully saturated rings. The van der Waals surface area contributed by atoms with Crippen molar-refractivity contribution >= 4 is 5.91 Å². The molecule has 0 atom stereocenters. The van der Waals surface area contributed by atoms with Crippen LogP contribution in [0.3, 0.4) is 0 Å². The van der Waals surface area contributed by atoms with Crippen LogP contribution in [0.2, 0.25) is 0 Å². The van der Waals surface area contributed by atoms with Gasteiger partial charge in [0.15, 0.2) is 0 Å². The highest BCUT2D eigenvalue weighted by molar-refractivity contribution is 5.94. The van der Waals surface area contributed by atoms with Crippen molar-refractivity contribution in [3.63, 3.8) is 0 Å². The molecule has 0 saturated heterocycles. The lowest BCUT2D eigenvalue weighted by molar-refractivity contribution is 0.0946. The van der Waals surface area contributed by atoms with Crippen LogP contribution in [0.1, 0.15) is 16.2 Å². The predicted molar refractivity (Wildman–Crippen MR) is 116 cm³/mol. The Morgan fingerprint density at radius 2 is 1.84 bits per heavy atom. The van der Waals surface area contributed by atoms with Crippen LogP contribution in [0.15, 0.2) is 79.0 Å². The van der Waals surface area contributed by atoms with Crippen LogP contribution in [-0.2, 0) is 6.42 Å². The topological polar surface area (TPSA) is 69.0 Å². The van der Waals surface area contributed by atoms with Crippen molar-refractivity contribution in [1.29, 1.82) is 0 Å². The Labute approximate surface area is 179 Å². The number of aromatic nitrogens is 3. The Bertz CT molecular complexity index is 1160. The Morgan fingerprint density at radius 1 is 1.06 bits per heavy atom. The first kappa shape index (κ1) is 20.3. The fourth-order valence-electron chi connectivity index (χ4n) is 3.17. The summed E-state index contributed by atoms with van der Waals surface area (Å²) < 4.78 is 20.1. The van der Waals surface area contributed by atoms with E-state index < -0.39 is 0 Å². The largest absolute Gasteiger partial charge is 0.497 e. The van der Waals surface area contributed by atoms with Crippen LogP contribution in [0, 0.1) is 5.82 Å². The van der Waals surface area contributed by atoms with E-state index in [0.29, 0.717) is 35.8 Å². The second-order valence-electron chi connectivity index (χ2n) is 6.86. The number of hydrogen-bond acceptors (Lipinski definition) is 4. The lowest BCUT2D eigenvalue weighted by Crippen LogP contribution is -2.28. The normalized spacial score (nSPS) is 10.6. The van der Waals surface area contributed by atoms with Crippen molar-refractivity contribution in [3.05, 3.63) is 96.2 Å². The number of nitrogens with zero attached hydrogens (tertiary/aromatic N) is 3. The molecule has 6 nitrogen and oxygen atoms in total. The summed E-state index contributed by atoms with van der Waals surface area (Å²) in [5.41, 5.74) is 3.29. The highest BCUT2D eigenvalue weighted by Crippen LogP contribution is 2.23. The quantitative estimate of drug-likeness (QED) is 0.493. The zero-order chi connectivity index (χ0) is 21.6. The molecular formula is C24H21FN4O2. The van der Waals surface area contributed by atoms with Crippen LogP contribution in [0.4, 0.5) is 4.39 Å². The fourth-order valence-corrected chi connectivity index (χ4v) is 3.17. The molecule has 156 valence electrons. The lowest BCUT2D eigenvalue weighted by atomic mass is 10.1. The number of ether oxygens (including phenoxy) is 1. The minimum absolute atomic E-state index is 0.257. The fraction of sp³-hybridized carbons (Fsp3) is 0.125. The maximum Gasteiger partial charge on any atom is 0.270 e. The number of methoxy groups -OCH3 is 1. The van der Waals surface area contributed by atoms with E-state index in [2.05, 4.69) is 15.4 Å². The summed E-state index contributed by atoms with van der Waals surface area (Å²) in [7, 11) is 1.59. The molecule has 0 radical (unpaired) electrons. The van der Waals surface area contributed by atoms with E-state index in [0.717, 1.165) is 11.3 Å². The standard InChI is InChI=1S/C24H21FN4O2/c1-31-21-11-9-20(10-12-21)29-23(16-22(28-29)17-5-7-18(25)8-6-17)24(30)27-15-13-19-4-2-3-14-26-19/h2-12,14,16H,13,15H2,1H3,(H,27,30). The van der Waals surface area contributed by atoms with Gasteiger partial charge in [0.1, 0.15) is 17.3 Å². The Hall–Kier alpha value is -4.00. The Kier molecular flexibility index (Phi) is 6.03. The van der Waals surface area contributed by atoms with Gasteiger partial charge in [-0.2, -0.15) is 5.10 Å². The van der Waals surface area contributed by atoms with E-state index in [1.165, 1.54) is 12.1 Å². The number of halogens is 1. The minimum Gasteiger partial charge on any atom is -0.497 e. The van der Waals surface area contributed by atoms with Crippen LogP contribution >= 0.6 is 0 Å². The van der Waals surface area contributed by atoms with Gasteiger partial charge in [0, 0.05) is 30.4 Å². The molecule has 31 heavy (non-hydrogen) atoms. The number of amides is 1. The van der Waals surface area contributed by atoms with Gasteiger partial charge in [0.2, 0.25) is 0 Å². The second-order valence-corrected chi connectivity index (χ2v) is 6.86. The molecule has 4 aromatic rings. The van der Waals surface area contributed by atoms with Gasteiger partial charge in [-0.15, -0.1) is 0 Å². The SMILES string of the molecule is COc1ccc(-n2nc(-c3ccc(F)cc3)cc2C(=O)NCCc2ccccn2)cc1. The molecular weight excluding hydrogens is 395 g/mol. The molecule has 4 rings (SSSR count). The molecule has 0 aliphatic heterocycles. The number of carbonyl (C=O) groups excluding carboxylic acids is 1. The van der Waals surface area contributed by atoms with Gasteiger partial charge in [0.25, 0.3) is 5.91 Å². The summed E-state index contributed by atoms with van der Waals surface area (Å²) >= 11 is 0. The number of carbonyl (C=O) groups is 1. The van der Waals surface area contributed by atoms with Gasteiger partial charge in [-0.05, 0) is 66.7 Å². The molecule has 0 spiro atoms. The van der Waals surface area contributed by atoms with Crippen LogP contribution < -0.4 is 10.1 Å². The highest BCUT2D eigenvalue weighted by Gasteiger charge is 2.18. The third-order valence-electron chi connectivity index (χ3n) is 4.79. The number of hydrogen-bond donors (Lipinski definition) is 1. The van der Waals surface area contributed by atoms with Crippen LogP contribution in [0.5, 0.6) is 5.75 Å². The average Bonchev–Trinajstić information content (AvgIpc) is 3.26. The van der Waals surface area contributed by atoms with E-state index in [1.54, 1.807) is 48.3 Å². The second kappa shape index (κ2) is 9.21. The zero-order valence-corrected chi connectivity index (χ0v) is 17.0. The van der Waals surface area contributed by atoms with Gasteiger partial charge in [-0.3, -0.25) is 9.78 Å². The first-order chi connectivity index (χ1) is 15.1. The monoisotopic (exact) mass is 416 g/mol. The predicted octanol–water partition coefficient (Wildman–Crippen LogP) is 4.05. The molecule has 1 amide bonds. The third-order valence-corrected chi connectivity index (χ3v) is 4.79. The molecule has 0 saturated carbocycles. The van der Waals surface area contributed by atoms with E-state index in [4.69, 9.17) is 4.74 Å². The lowest BCUT2D eigenvalue weighted by Gasteiger charge is -2.09. The molecule has 0 bridgehead atoms. The van der Waals surface area contributed by atoms with Gasteiger partial charge >= 0.3 is 0 Å². The van der Waals surface area contributed by atoms with E-state index in [-0.39, 0.29) is 11.7 Å². The van der Waals surface area contributed by atoms with Gasteiger partial charge < -0.3 is 10.1 Å². The average molecular weight is 416 g/mol. The summed E-state index contributed by atoms with van der Waals surface area (Å²) in [5.74, 6) is 0.120. The van der Waals surface area contributed by atoms with Crippen molar-refractivity contribution in [2.45, 2.75) is 6.42 Å². The molecule has 0 aliphatic rings. The maximum absolute atomic E-state index is 13.3. The van der Waals surface area contributed by atoms with E-state index >= 15 is 0 Å². The van der Waals surface area contributed by atoms with Crippen molar-refractivity contribution in [1.82, 2.24) is 20.1 Å². The van der Waals surface area contributed by atoms with Crippen molar-refractivity contribution in [3.8, 4) is 22.7 Å². The zero-order valence-electron chi connectivity index (χ0n) is 17.0. The van der Waals surface area contributed by atoms with Gasteiger partial charge in [-0.1, -0.05) is 6.07 Å². The smallest absolute Gasteiger partial charge is 0.270 e. The minimum atomic E-state index is -0.328. The molecule has 0 aliphatic carbocycles. The van der Waals surface area contributed by atoms with Crippen molar-refractivity contribution < 1.29 is 13.9 Å². The Morgan fingerprint density at radius 3 is 2.52 bits per heavy atom. The summed E-state index contributed by atoms with van der Waals surface area (Å²) in [6.07, 6.45) is 2.35. The van der Waals surface area contributed by atoms with Crippen LogP contribution in [0.25, 0.3) is 16.9 Å². The number of rotatable bonds is 7. The van der Waals surface area contributed by atoms with Crippen molar-refractivity contribution in [2.24, 2.45) is 0 Å². The first-order valence-electron chi connectivity index (χ1n) is 9.82. The molecule has 2 aromatic carbocycles. The first-order valence-corrected chi connectivity index (χ1v) is 9.82. The molecule has 7 heteroatoms. The molecule has 2 heterocycles. The van der Waals surface area contributed by atoms with Gasteiger partial charge in [0.05, 0.1) is 18.5 Å². The maximum atomic E-state index is 13.3. The number of benzene rings is 2. The third kappa shape index (κ3) is 4.78. The van der Waals surface area contributed by atoms with E-state index in [9.17, 15) is 9.18 Å². The van der Waals surface area contributed by atoms with E-state index in [1.807, 2.05) is 30.3 Å². The van der Waals surface area contributed by atoms with Crippen LogP contribution in [-0.4, -0.2) is 34.3 Å². The molecule has 0 unspecified atom stereocenters. The summed E-state index contributed by atoms with van der Waals surface area (Å²) in [4.78, 5) is 17.2.